The van der Waals surface area contributed by atoms with E-state index in [0.29, 0.717) is 12.0 Å². The van der Waals surface area contributed by atoms with E-state index >= 15 is 0 Å². The van der Waals surface area contributed by atoms with Gasteiger partial charge in [-0.15, -0.1) is 35.3 Å². The van der Waals surface area contributed by atoms with E-state index < -0.39 is 0 Å². The molecule has 6 nitrogen and oxygen atoms in total. The molecule has 172 valence electrons. The van der Waals surface area contributed by atoms with E-state index in [1.165, 1.54) is 24.3 Å². The van der Waals surface area contributed by atoms with Crippen LogP contribution in [-0.2, 0) is 0 Å². The third kappa shape index (κ3) is 8.57. The van der Waals surface area contributed by atoms with Crippen LogP contribution < -0.4 is 16.0 Å². The molecule has 0 aliphatic carbocycles. The molecular formula is C23H37IN6S. The van der Waals surface area contributed by atoms with Crippen LogP contribution in [0.2, 0.25) is 0 Å². The SMILES string of the molecule is CCNC(=NCC1CCCN(C)C1c1cccs1)NCCCCNc1ccccn1.I. The van der Waals surface area contributed by atoms with Crippen molar-refractivity contribution in [3.05, 3.63) is 46.8 Å². The summed E-state index contributed by atoms with van der Waals surface area (Å²) in [5.74, 6) is 2.45. The number of unbranched alkanes of at least 4 members (excludes halogenated alkanes) is 1. The van der Waals surface area contributed by atoms with Gasteiger partial charge in [-0.25, -0.2) is 4.98 Å². The van der Waals surface area contributed by atoms with E-state index in [9.17, 15) is 0 Å². The number of guanidine groups is 1. The van der Waals surface area contributed by atoms with Crippen LogP contribution in [0, 0.1) is 5.92 Å². The number of piperidine rings is 1. The Labute approximate surface area is 208 Å². The molecule has 3 heterocycles. The number of aromatic nitrogens is 1. The molecule has 1 saturated heterocycles. The lowest BCUT2D eigenvalue weighted by molar-refractivity contribution is 0.128. The van der Waals surface area contributed by atoms with E-state index in [0.717, 1.165) is 50.8 Å². The molecule has 3 rings (SSSR count). The third-order valence-electron chi connectivity index (χ3n) is 5.54. The highest BCUT2D eigenvalue weighted by Gasteiger charge is 2.31. The lowest BCUT2D eigenvalue weighted by atomic mass is 9.88. The third-order valence-corrected chi connectivity index (χ3v) is 6.48. The maximum absolute atomic E-state index is 4.94. The second-order valence-electron chi connectivity index (χ2n) is 7.84. The number of nitrogens with zero attached hydrogens (tertiary/aromatic N) is 3. The summed E-state index contributed by atoms with van der Waals surface area (Å²) in [6, 6.07) is 10.9. The predicted molar refractivity (Wildman–Crippen MR) is 144 cm³/mol. The van der Waals surface area contributed by atoms with Gasteiger partial charge in [-0.1, -0.05) is 12.1 Å². The molecule has 2 unspecified atom stereocenters. The van der Waals surface area contributed by atoms with Gasteiger partial charge >= 0.3 is 0 Å². The fourth-order valence-corrected chi connectivity index (χ4v) is 5.03. The molecule has 1 fully saturated rings. The minimum Gasteiger partial charge on any atom is -0.370 e. The van der Waals surface area contributed by atoms with Gasteiger partial charge in [-0.05, 0) is 75.7 Å². The van der Waals surface area contributed by atoms with Gasteiger partial charge in [0.2, 0.25) is 0 Å². The topological polar surface area (TPSA) is 64.6 Å². The Morgan fingerprint density at radius 3 is 2.81 bits per heavy atom. The average molecular weight is 557 g/mol. The van der Waals surface area contributed by atoms with Gasteiger partial charge in [0, 0.05) is 43.3 Å². The number of nitrogens with one attached hydrogen (secondary N) is 3. The van der Waals surface area contributed by atoms with Crippen molar-refractivity contribution in [2.45, 2.75) is 38.6 Å². The summed E-state index contributed by atoms with van der Waals surface area (Å²) < 4.78 is 0. The first-order chi connectivity index (χ1) is 14.8. The second kappa shape index (κ2) is 14.6. The van der Waals surface area contributed by atoms with Gasteiger partial charge in [-0.2, -0.15) is 0 Å². The lowest BCUT2D eigenvalue weighted by Gasteiger charge is -2.38. The van der Waals surface area contributed by atoms with Crippen molar-refractivity contribution in [3.8, 4) is 0 Å². The molecule has 1 aliphatic heterocycles. The highest BCUT2D eigenvalue weighted by atomic mass is 127. The summed E-state index contributed by atoms with van der Waals surface area (Å²) in [7, 11) is 2.25. The first kappa shape index (κ1) is 25.9. The lowest BCUT2D eigenvalue weighted by Crippen LogP contribution is -2.40. The zero-order valence-corrected chi connectivity index (χ0v) is 21.9. The number of halogens is 1. The van der Waals surface area contributed by atoms with Crippen molar-refractivity contribution in [2.75, 3.05) is 45.1 Å². The molecule has 0 aromatic carbocycles. The van der Waals surface area contributed by atoms with Crippen LogP contribution in [-0.4, -0.2) is 55.6 Å². The minimum atomic E-state index is 0. The Morgan fingerprint density at radius 2 is 2.06 bits per heavy atom. The first-order valence-electron chi connectivity index (χ1n) is 11.2. The molecule has 0 amide bonds. The van der Waals surface area contributed by atoms with Crippen LogP contribution in [0.15, 0.2) is 46.9 Å². The van der Waals surface area contributed by atoms with E-state index in [1.807, 2.05) is 35.7 Å². The molecule has 0 radical (unpaired) electrons. The fourth-order valence-electron chi connectivity index (χ4n) is 4.05. The van der Waals surface area contributed by atoms with Gasteiger partial charge in [0.1, 0.15) is 5.82 Å². The minimum absolute atomic E-state index is 0. The monoisotopic (exact) mass is 556 g/mol. The quantitative estimate of drug-likeness (QED) is 0.173. The summed E-state index contributed by atoms with van der Waals surface area (Å²) in [5.41, 5.74) is 0. The molecule has 31 heavy (non-hydrogen) atoms. The van der Waals surface area contributed by atoms with Crippen molar-refractivity contribution in [3.63, 3.8) is 0 Å². The van der Waals surface area contributed by atoms with Crippen LogP contribution in [0.1, 0.15) is 43.5 Å². The Kier molecular flexibility index (Phi) is 12.2. The second-order valence-corrected chi connectivity index (χ2v) is 8.82. The molecule has 8 heteroatoms. The summed E-state index contributed by atoms with van der Waals surface area (Å²) in [6.07, 6.45) is 6.50. The number of anilines is 1. The van der Waals surface area contributed by atoms with E-state index in [-0.39, 0.29) is 24.0 Å². The van der Waals surface area contributed by atoms with Crippen molar-refractivity contribution in [1.82, 2.24) is 20.5 Å². The normalized spacial score (nSPS) is 19.5. The molecular weight excluding hydrogens is 519 g/mol. The first-order valence-corrected chi connectivity index (χ1v) is 12.1. The number of aliphatic imine (C=N–C) groups is 1. The summed E-state index contributed by atoms with van der Waals surface area (Å²) in [5, 5.41) is 12.5. The Hall–Kier alpha value is -1.39. The van der Waals surface area contributed by atoms with Crippen LogP contribution in [0.5, 0.6) is 0 Å². The van der Waals surface area contributed by atoms with Gasteiger partial charge in [0.05, 0.1) is 0 Å². The van der Waals surface area contributed by atoms with Crippen molar-refractivity contribution in [2.24, 2.45) is 10.9 Å². The molecule has 0 saturated carbocycles. The molecule has 1 aliphatic rings. The van der Waals surface area contributed by atoms with Gasteiger partial charge in [0.15, 0.2) is 5.96 Å². The number of thiophene rings is 1. The standard InChI is InChI=1S/C23H36N6S.HI/c1-3-24-23(27-15-7-6-14-26-21-12-4-5-13-25-21)28-18-19-10-8-16-29(2)22(19)20-11-9-17-30-20;/h4-5,9,11-13,17,19,22H,3,6-8,10,14-16,18H2,1-2H3,(H,25,26)(H2,24,27,28);1H. The van der Waals surface area contributed by atoms with Crippen LogP contribution >= 0.6 is 35.3 Å². The number of hydrogen-bond acceptors (Lipinski definition) is 5. The highest BCUT2D eigenvalue weighted by Crippen LogP contribution is 2.37. The zero-order chi connectivity index (χ0) is 21.0. The van der Waals surface area contributed by atoms with Crippen LogP contribution in [0.4, 0.5) is 5.82 Å². The highest BCUT2D eigenvalue weighted by molar-refractivity contribution is 14.0. The summed E-state index contributed by atoms with van der Waals surface area (Å²) in [6.45, 7) is 6.90. The van der Waals surface area contributed by atoms with Crippen molar-refractivity contribution in [1.29, 1.82) is 0 Å². The van der Waals surface area contributed by atoms with Gasteiger partial charge < -0.3 is 16.0 Å². The maximum Gasteiger partial charge on any atom is 0.191 e. The Morgan fingerprint density at radius 1 is 1.19 bits per heavy atom. The van der Waals surface area contributed by atoms with Gasteiger partial charge in [0.25, 0.3) is 0 Å². The molecule has 0 bridgehead atoms. The number of pyridine rings is 1. The summed E-state index contributed by atoms with van der Waals surface area (Å²) in [4.78, 5) is 13.2. The largest absolute Gasteiger partial charge is 0.370 e. The van der Waals surface area contributed by atoms with Gasteiger partial charge in [-0.3, -0.25) is 9.89 Å². The average Bonchev–Trinajstić information content (AvgIpc) is 3.29. The van der Waals surface area contributed by atoms with E-state index in [1.54, 1.807) is 0 Å². The Bertz CT molecular complexity index is 740. The number of rotatable bonds is 10. The smallest absolute Gasteiger partial charge is 0.191 e. The number of hydrogen-bond donors (Lipinski definition) is 3. The molecule has 3 N–H and O–H groups in total. The van der Waals surface area contributed by atoms with Crippen molar-refractivity contribution < 1.29 is 0 Å². The van der Waals surface area contributed by atoms with E-state index in [2.05, 4.69) is 57.3 Å². The maximum atomic E-state index is 4.94. The molecule has 2 aromatic heterocycles. The molecule has 2 atom stereocenters. The molecule has 2 aromatic rings. The zero-order valence-electron chi connectivity index (χ0n) is 18.7. The van der Waals surface area contributed by atoms with Crippen LogP contribution in [0.25, 0.3) is 0 Å². The van der Waals surface area contributed by atoms with Crippen molar-refractivity contribution >= 4 is 47.1 Å². The predicted octanol–water partition coefficient (Wildman–Crippen LogP) is 4.59. The van der Waals surface area contributed by atoms with E-state index in [4.69, 9.17) is 4.99 Å². The number of likely N-dealkylation sites (tertiary alicyclic amines) is 1. The molecule has 0 spiro atoms. The Balaban J connectivity index is 0.00000341. The summed E-state index contributed by atoms with van der Waals surface area (Å²) >= 11 is 1.87. The fraction of sp³-hybridized carbons (Fsp3) is 0.565. The van der Waals surface area contributed by atoms with Crippen LogP contribution in [0.3, 0.4) is 0 Å².